The molecule has 12 nitrogen and oxygen atoms in total. The van der Waals surface area contributed by atoms with E-state index in [1.54, 1.807) is 55.8 Å². The predicted molar refractivity (Wildman–Crippen MR) is 152 cm³/mol. The highest BCUT2D eigenvalue weighted by Gasteiger charge is 2.45. The van der Waals surface area contributed by atoms with Crippen LogP contribution in [0.4, 0.5) is 5.69 Å². The predicted octanol–water partition coefficient (Wildman–Crippen LogP) is 3.88. The Balaban J connectivity index is 0.000000416. The number of nitrogens with one attached hydrogen (secondary N) is 1. The van der Waals surface area contributed by atoms with Gasteiger partial charge in [-0.2, -0.15) is 0 Å². The van der Waals surface area contributed by atoms with Gasteiger partial charge in [0.1, 0.15) is 18.5 Å². The molecule has 0 aliphatic carbocycles. The van der Waals surface area contributed by atoms with Gasteiger partial charge in [-0.15, -0.1) is 0 Å². The van der Waals surface area contributed by atoms with Gasteiger partial charge in [-0.3, -0.25) is 4.79 Å². The van der Waals surface area contributed by atoms with Crippen LogP contribution in [0.3, 0.4) is 0 Å². The third-order valence-corrected chi connectivity index (χ3v) is 6.30. The first-order valence-electron chi connectivity index (χ1n) is 12.9. The van der Waals surface area contributed by atoms with Crippen LogP contribution in [0, 0.1) is 0 Å². The number of aliphatic hydroxyl groups is 1. The van der Waals surface area contributed by atoms with Crippen LogP contribution in [0.25, 0.3) is 0 Å². The molecular weight excluding hydrogens is 593 g/mol. The molecule has 42 heavy (non-hydrogen) atoms. The number of imidazole rings is 1. The molecule has 1 aromatic heterocycles. The van der Waals surface area contributed by atoms with Crippen molar-refractivity contribution in [2.24, 2.45) is 0 Å². The van der Waals surface area contributed by atoms with Crippen LogP contribution in [0.15, 0.2) is 61.2 Å². The zero-order valence-corrected chi connectivity index (χ0v) is 24.2. The van der Waals surface area contributed by atoms with Crippen molar-refractivity contribution in [2.75, 3.05) is 31.7 Å². The highest BCUT2D eigenvalue weighted by molar-refractivity contribution is 6.35. The minimum Gasteiger partial charge on any atom is -0.491 e. The summed E-state index contributed by atoms with van der Waals surface area (Å²) in [5.74, 6) is -3.36. The van der Waals surface area contributed by atoms with Gasteiger partial charge in [0.15, 0.2) is 0 Å². The van der Waals surface area contributed by atoms with Crippen LogP contribution < -0.4 is 10.1 Å². The highest BCUT2D eigenvalue weighted by atomic mass is 35.5. The molecule has 3 N–H and O–H groups in total. The molecule has 14 heteroatoms. The number of nitrogens with zero attached hydrogens (tertiary/aromatic N) is 2. The summed E-state index contributed by atoms with van der Waals surface area (Å²) in [7, 11) is 0. The zero-order valence-electron chi connectivity index (χ0n) is 22.7. The molecule has 1 aliphatic rings. The van der Waals surface area contributed by atoms with Crippen molar-refractivity contribution in [2.45, 2.75) is 38.2 Å². The Bertz CT molecular complexity index is 1320. The average molecular weight is 624 g/mol. The molecule has 0 unspecified atom stereocenters. The minimum atomic E-state index is -1.61. The molecule has 1 aliphatic heterocycles. The fourth-order valence-corrected chi connectivity index (χ4v) is 4.29. The molecule has 0 bridgehead atoms. The van der Waals surface area contributed by atoms with Crippen molar-refractivity contribution >= 4 is 46.7 Å². The molecule has 2 heterocycles. The summed E-state index contributed by atoms with van der Waals surface area (Å²) >= 11 is 12.6. The molecule has 2 atom stereocenters. The van der Waals surface area contributed by atoms with Crippen molar-refractivity contribution in [3.8, 4) is 5.75 Å². The van der Waals surface area contributed by atoms with Gasteiger partial charge >= 0.3 is 11.9 Å². The first-order valence-corrected chi connectivity index (χ1v) is 13.7. The number of anilines is 1. The number of halogens is 2. The second-order valence-corrected chi connectivity index (χ2v) is 9.76. The lowest BCUT2D eigenvalue weighted by molar-refractivity contribution is -0.189. The number of ether oxygens (including phenoxy) is 4. The highest BCUT2D eigenvalue weighted by Crippen LogP contribution is 2.40. The lowest BCUT2D eigenvalue weighted by atomic mass is 10.1. The quantitative estimate of drug-likeness (QED) is 0.162. The van der Waals surface area contributed by atoms with E-state index in [-0.39, 0.29) is 38.3 Å². The van der Waals surface area contributed by atoms with E-state index < -0.39 is 17.7 Å². The largest absolute Gasteiger partial charge is 0.491 e. The number of hydrogen-bond acceptors (Lipinski definition) is 9. The molecule has 0 spiro atoms. The summed E-state index contributed by atoms with van der Waals surface area (Å²) in [6.07, 6.45) is 5.60. The summed E-state index contributed by atoms with van der Waals surface area (Å²) in [5.41, 5.74) is 1.41. The second kappa shape index (κ2) is 16.1. The van der Waals surface area contributed by atoms with E-state index in [2.05, 4.69) is 15.0 Å². The molecule has 0 saturated carbocycles. The molecule has 3 aromatic rings. The Kier molecular flexibility index (Phi) is 12.6. The molecule has 2 aromatic carbocycles. The van der Waals surface area contributed by atoms with Gasteiger partial charge in [0.25, 0.3) is 0 Å². The van der Waals surface area contributed by atoms with Crippen molar-refractivity contribution in [1.82, 2.24) is 9.55 Å². The van der Waals surface area contributed by atoms with E-state index in [4.69, 9.17) is 47.6 Å². The van der Waals surface area contributed by atoms with Crippen LogP contribution >= 0.6 is 23.2 Å². The Morgan fingerprint density at radius 1 is 1.19 bits per heavy atom. The number of carbonyl (C=O) groups excluding carboxylic acids is 2. The van der Waals surface area contributed by atoms with Crippen molar-refractivity contribution in [1.29, 1.82) is 0 Å². The topological polar surface area (TPSA) is 158 Å². The SMILES string of the molecule is CCC(=O)Nc1ccc(OC[C@@H]2CO[C@@](Cn3ccnc3)(c3ccc(Cl)cc3Cl)O2)cc1.O=C(O)C(=O)OCCCO. The van der Waals surface area contributed by atoms with Gasteiger partial charge in [-0.05, 0) is 36.4 Å². The summed E-state index contributed by atoms with van der Waals surface area (Å²) in [5, 5.41) is 19.9. The Labute approximate surface area is 252 Å². The summed E-state index contributed by atoms with van der Waals surface area (Å²) in [6.45, 7) is 2.63. The summed E-state index contributed by atoms with van der Waals surface area (Å²) in [6, 6.07) is 12.4. The standard InChI is InChI=1S/C23H23Cl2N3O4.C5H8O5/c1-2-22(29)27-17-4-6-18(7-5-17)30-12-19-13-31-23(32-19,14-28-10-9-26-15-28)20-8-3-16(24)11-21(20)25;6-2-1-3-10-5(9)4(7)8/h3-11,15,19H,2,12-14H2,1H3,(H,27,29);6H,1-3H2,(H,7,8)/t19-,23-;/m1./s1. The number of carboxylic acids is 1. The minimum absolute atomic E-state index is 0.0368. The van der Waals surface area contributed by atoms with Gasteiger partial charge in [0, 0.05) is 48.1 Å². The first kappa shape index (κ1) is 32.8. The fraction of sp³-hybridized carbons (Fsp3) is 0.357. The third kappa shape index (κ3) is 9.71. The van der Waals surface area contributed by atoms with Crippen molar-refractivity contribution in [3.63, 3.8) is 0 Å². The van der Waals surface area contributed by atoms with E-state index in [0.717, 1.165) is 5.69 Å². The number of aliphatic hydroxyl groups excluding tert-OH is 1. The number of carboxylic acid groups (broad SMARTS) is 1. The second-order valence-electron chi connectivity index (χ2n) is 8.92. The number of aromatic nitrogens is 2. The fourth-order valence-electron chi connectivity index (χ4n) is 3.74. The number of aliphatic carboxylic acids is 1. The number of rotatable bonds is 11. The van der Waals surface area contributed by atoms with Crippen LogP contribution in [0.1, 0.15) is 25.3 Å². The lowest BCUT2D eigenvalue weighted by Gasteiger charge is -2.30. The van der Waals surface area contributed by atoms with E-state index in [1.807, 2.05) is 16.8 Å². The van der Waals surface area contributed by atoms with Gasteiger partial charge in [-0.1, -0.05) is 36.2 Å². The maximum absolute atomic E-state index is 11.5. The van der Waals surface area contributed by atoms with Gasteiger partial charge in [0.05, 0.1) is 31.1 Å². The van der Waals surface area contributed by atoms with Gasteiger partial charge in [-0.25, -0.2) is 14.6 Å². The summed E-state index contributed by atoms with van der Waals surface area (Å²) in [4.78, 5) is 35.5. The van der Waals surface area contributed by atoms with Crippen molar-refractivity contribution < 1.29 is 43.5 Å². The number of benzene rings is 2. The maximum Gasteiger partial charge on any atom is 0.417 e. The van der Waals surface area contributed by atoms with E-state index in [9.17, 15) is 14.4 Å². The number of hydrogen-bond donors (Lipinski definition) is 3. The molecule has 4 rings (SSSR count). The van der Waals surface area contributed by atoms with Crippen LogP contribution in [-0.2, 0) is 40.9 Å². The van der Waals surface area contributed by atoms with E-state index in [0.29, 0.717) is 40.9 Å². The number of carbonyl (C=O) groups is 3. The summed E-state index contributed by atoms with van der Waals surface area (Å²) < 4.78 is 24.4. The zero-order chi connectivity index (χ0) is 30.5. The van der Waals surface area contributed by atoms with Crippen LogP contribution in [0.5, 0.6) is 5.75 Å². The average Bonchev–Trinajstić information content (AvgIpc) is 3.63. The molecule has 0 radical (unpaired) electrons. The van der Waals surface area contributed by atoms with E-state index in [1.165, 1.54) is 0 Å². The van der Waals surface area contributed by atoms with Crippen LogP contribution in [0.2, 0.25) is 10.0 Å². The third-order valence-electron chi connectivity index (χ3n) is 5.76. The monoisotopic (exact) mass is 623 g/mol. The lowest BCUT2D eigenvalue weighted by Crippen LogP contribution is -2.34. The van der Waals surface area contributed by atoms with Crippen LogP contribution in [-0.4, -0.2) is 70.1 Å². The smallest absolute Gasteiger partial charge is 0.417 e. The Morgan fingerprint density at radius 2 is 1.95 bits per heavy atom. The molecular formula is C28H31Cl2N3O9. The molecule has 1 saturated heterocycles. The Morgan fingerprint density at radius 3 is 2.57 bits per heavy atom. The van der Waals surface area contributed by atoms with E-state index >= 15 is 0 Å². The first-order chi connectivity index (χ1) is 20.2. The number of esters is 1. The molecule has 1 fully saturated rings. The molecule has 226 valence electrons. The van der Waals surface area contributed by atoms with Crippen molar-refractivity contribution in [3.05, 3.63) is 76.8 Å². The maximum atomic E-state index is 11.5. The molecule has 1 amide bonds. The van der Waals surface area contributed by atoms with Gasteiger partial charge in [0.2, 0.25) is 11.7 Å². The Hall–Kier alpha value is -3.68. The number of amides is 1. The van der Waals surface area contributed by atoms with Gasteiger partial charge < -0.3 is 39.0 Å². The normalized spacial score (nSPS) is 17.6.